The highest BCUT2D eigenvalue weighted by molar-refractivity contribution is 4.50. The van der Waals surface area contributed by atoms with Crippen molar-refractivity contribution >= 4 is 0 Å². The van der Waals surface area contributed by atoms with Crippen molar-refractivity contribution in [1.82, 2.24) is 5.32 Å². The van der Waals surface area contributed by atoms with Crippen molar-refractivity contribution in [2.24, 2.45) is 0 Å². The van der Waals surface area contributed by atoms with Gasteiger partial charge in [0.1, 0.15) is 0 Å². The van der Waals surface area contributed by atoms with Crippen molar-refractivity contribution in [2.75, 3.05) is 13.1 Å². The van der Waals surface area contributed by atoms with Gasteiger partial charge in [-0.1, -0.05) is 6.92 Å². The fraction of sp³-hybridized carbons (Fsp3) is 1.00. The Morgan fingerprint density at radius 1 is 1.33 bits per heavy atom. The quantitative estimate of drug-likeness (QED) is 0.283. The van der Waals surface area contributed by atoms with Crippen LogP contribution in [0.15, 0.2) is 0 Å². The lowest BCUT2D eigenvalue weighted by atomic mass is 10.4. The predicted octanol–water partition coefficient (Wildman–Crippen LogP) is -1.38. The summed E-state index contributed by atoms with van der Waals surface area (Å²) in [6.45, 7) is 3.06. The molecule has 0 saturated carbocycles. The van der Waals surface area contributed by atoms with Gasteiger partial charge in [-0.25, -0.2) is 0 Å². The molecular weight excluding hydrogens is 122 g/mol. The third kappa shape index (κ3) is 7.84. The molecule has 0 radical (unpaired) electrons. The molecule has 0 amide bonds. The fourth-order valence-corrected chi connectivity index (χ4v) is 0.433. The first kappa shape index (κ1) is 8.84. The van der Waals surface area contributed by atoms with Crippen molar-refractivity contribution < 1.29 is 15.3 Å². The van der Waals surface area contributed by atoms with Gasteiger partial charge >= 0.3 is 0 Å². The summed E-state index contributed by atoms with van der Waals surface area (Å²) in [5.41, 5.74) is 0. The summed E-state index contributed by atoms with van der Waals surface area (Å²) in [6.07, 6.45) is -0.0686. The van der Waals surface area contributed by atoms with E-state index in [1.54, 1.807) is 0 Å². The van der Waals surface area contributed by atoms with Crippen LogP contribution >= 0.6 is 0 Å². The SMILES string of the molecule is CCNCCC(O)(O)O. The zero-order chi connectivity index (χ0) is 7.33. The second kappa shape index (κ2) is 3.79. The van der Waals surface area contributed by atoms with Crippen molar-refractivity contribution in [3.8, 4) is 0 Å². The molecule has 0 aromatic rings. The molecule has 9 heavy (non-hydrogen) atoms. The summed E-state index contributed by atoms with van der Waals surface area (Å²) < 4.78 is 0. The molecule has 0 rings (SSSR count). The molecule has 0 aromatic carbocycles. The van der Waals surface area contributed by atoms with E-state index in [-0.39, 0.29) is 6.42 Å². The standard InChI is InChI=1S/C5H13NO3/c1-2-6-4-3-5(7,8)9/h6-9H,2-4H2,1H3. The Morgan fingerprint density at radius 2 is 1.89 bits per heavy atom. The molecule has 0 atom stereocenters. The molecule has 56 valence electrons. The van der Waals surface area contributed by atoms with Crippen LogP contribution in [0.2, 0.25) is 0 Å². The smallest absolute Gasteiger partial charge is 0.276 e. The topological polar surface area (TPSA) is 72.7 Å². The number of rotatable bonds is 4. The molecule has 4 nitrogen and oxygen atoms in total. The third-order valence-electron chi connectivity index (χ3n) is 0.887. The molecule has 4 heteroatoms. The zero-order valence-electron chi connectivity index (χ0n) is 5.46. The first-order chi connectivity index (χ1) is 4.06. The van der Waals surface area contributed by atoms with Gasteiger partial charge in [0.2, 0.25) is 0 Å². The van der Waals surface area contributed by atoms with E-state index in [4.69, 9.17) is 15.3 Å². The first-order valence-electron chi connectivity index (χ1n) is 2.94. The highest BCUT2D eigenvalue weighted by Crippen LogP contribution is 1.96. The molecule has 0 aromatic heterocycles. The Labute approximate surface area is 54.1 Å². The Bertz CT molecular complexity index is 69.1. The van der Waals surface area contributed by atoms with Crippen LogP contribution in [0, 0.1) is 0 Å². The first-order valence-corrected chi connectivity index (χ1v) is 2.94. The molecule has 4 N–H and O–H groups in total. The fourth-order valence-electron chi connectivity index (χ4n) is 0.433. The highest BCUT2D eigenvalue weighted by Gasteiger charge is 2.15. The van der Waals surface area contributed by atoms with E-state index >= 15 is 0 Å². The van der Waals surface area contributed by atoms with Crippen LogP contribution < -0.4 is 5.32 Å². The minimum absolute atomic E-state index is 0.0686. The Kier molecular flexibility index (Phi) is 3.72. The third-order valence-corrected chi connectivity index (χ3v) is 0.887. The van der Waals surface area contributed by atoms with E-state index in [1.807, 2.05) is 6.92 Å². The maximum absolute atomic E-state index is 8.32. The number of hydrogen-bond acceptors (Lipinski definition) is 4. The molecule has 0 heterocycles. The van der Waals surface area contributed by atoms with Crippen molar-refractivity contribution in [2.45, 2.75) is 19.3 Å². The summed E-state index contributed by atoms with van der Waals surface area (Å²) in [4.78, 5) is 0. The van der Waals surface area contributed by atoms with E-state index in [0.717, 1.165) is 6.54 Å². The molecule has 0 spiro atoms. The number of hydrogen-bond donors (Lipinski definition) is 4. The molecule has 0 saturated heterocycles. The van der Waals surface area contributed by atoms with Crippen LogP contribution in [0.25, 0.3) is 0 Å². The van der Waals surface area contributed by atoms with Gasteiger partial charge in [-0.05, 0) is 6.54 Å². The van der Waals surface area contributed by atoms with Crippen molar-refractivity contribution in [1.29, 1.82) is 0 Å². The Hall–Kier alpha value is -0.160. The lowest BCUT2D eigenvalue weighted by molar-refractivity contribution is -0.313. The van der Waals surface area contributed by atoms with Crippen LogP contribution in [-0.2, 0) is 0 Å². The van der Waals surface area contributed by atoms with Crippen LogP contribution in [0.4, 0.5) is 0 Å². The van der Waals surface area contributed by atoms with Gasteiger partial charge in [0.25, 0.3) is 5.97 Å². The van der Waals surface area contributed by atoms with E-state index < -0.39 is 5.97 Å². The summed E-state index contributed by atoms with van der Waals surface area (Å²) in [5.74, 6) is -2.51. The predicted molar refractivity (Wildman–Crippen MR) is 32.5 cm³/mol. The van der Waals surface area contributed by atoms with Gasteiger partial charge in [0, 0.05) is 13.0 Å². The second-order valence-corrected chi connectivity index (χ2v) is 1.88. The second-order valence-electron chi connectivity index (χ2n) is 1.88. The summed E-state index contributed by atoms with van der Waals surface area (Å²) in [6, 6.07) is 0. The van der Waals surface area contributed by atoms with Gasteiger partial charge in [-0.3, -0.25) is 0 Å². The summed E-state index contributed by atoms with van der Waals surface area (Å²) in [7, 11) is 0. The zero-order valence-corrected chi connectivity index (χ0v) is 5.46. The van der Waals surface area contributed by atoms with E-state index in [1.165, 1.54) is 0 Å². The minimum Gasteiger partial charge on any atom is -0.344 e. The minimum atomic E-state index is -2.51. The van der Waals surface area contributed by atoms with Crippen LogP contribution in [-0.4, -0.2) is 34.4 Å². The molecule has 0 aliphatic heterocycles. The largest absolute Gasteiger partial charge is 0.344 e. The van der Waals surface area contributed by atoms with Crippen LogP contribution in [0.1, 0.15) is 13.3 Å². The Balaban J connectivity index is 3.07. The van der Waals surface area contributed by atoms with Crippen molar-refractivity contribution in [3.63, 3.8) is 0 Å². The van der Waals surface area contributed by atoms with Gasteiger partial charge in [-0.15, -0.1) is 0 Å². The van der Waals surface area contributed by atoms with Gasteiger partial charge in [0.15, 0.2) is 0 Å². The summed E-state index contributed by atoms with van der Waals surface area (Å²) >= 11 is 0. The molecule has 0 aliphatic rings. The van der Waals surface area contributed by atoms with Crippen LogP contribution in [0.5, 0.6) is 0 Å². The van der Waals surface area contributed by atoms with E-state index in [2.05, 4.69) is 5.32 Å². The summed E-state index contributed by atoms with van der Waals surface area (Å²) in [5, 5.41) is 27.8. The van der Waals surface area contributed by atoms with E-state index in [9.17, 15) is 0 Å². The maximum Gasteiger partial charge on any atom is 0.276 e. The molecule has 0 fully saturated rings. The molecular formula is C5H13NO3. The average Bonchev–Trinajstić information content (AvgIpc) is 1.63. The molecule has 0 aliphatic carbocycles. The monoisotopic (exact) mass is 135 g/mol. The van der Waals surface area contributed by atoms with Crippen LogP contribution in [0.3, 0.4) is 0 Å². The molecule has 0 unspecified atom stereocenters. The van der Waals surface area contributed by atoms with Gasteiger partial charge < -0.3 is 20.6 Å². The normalized spacial score (nSPS) is 12.0. The number of nitrogens with one attached hydrogen (secondary N) is 1. The average molecular weight is 135 g/mol. The van der Waals surface area contributed by atoms with Crippen molar-refractivity contribution in [3.05, 3.63) is 0 Å². The highest BCUT2D eigenvalue weighted by atomic mass is 16.7. The van der Waals surface area contributed by atoms with Gasteiger partial charge in [0.05, 0.1) is 0 Å². The number of aliphatic hydroxyl groups is 3. The molecule has 0 bridgehead atoms. The van der Waals surface area contributed by atoms with E-state index in [0.29, 0.717) is 6.54 Å². The Morgan fingerprint density at radius 3 is 2.22 bits per heavy atom. The van der Waals surface area contributed by atoms with Gasteiger partial charge in [-0.2, -0.15) is 0 Å². The maximum atomic E-state index is 8.32. The lowest BCUT2D eigenvalue weighted by Gasteiger charge is -2.12. The lowest BCUT2D eigenvalue weighted by Crippen LogP contribution is -2.32.